The molecule has 3 N–H and O–H groups in total. The van der Waals surface area contributed by atoms with E-state index in [0.717, 1.165) is 26.1 Å². The van der Waals surface area contributed by atoms with Gasteiger partial charge in [0.05, 0.1) is 0 Å². The van der Waals surface area contributed by atoms with E-state index >= 15 is 0 Å². The van der Waals surface area contributed by atoms with E-state index < -0.39 is 5.91 Å². The first kappa shape index (κ1) is 15.5. The molecule has 0 fully saturated rings. The van der Waals surface area contributed by atoms with Gasteiger partial charge < -0.3 is 20.7 Å². The second-order valence-electron chi connectivity index (χ2n) is 4.73. The van der Waals surface area contributed by atoms with Gasteiger partial charge in [-0.3, -0.25) is 4.79 Å². The van der Waals surface area contributed by atoms with E-state index in [-0.39, 0.29) is 6.61 Å². The minimum atomic E-state index is -0.466. The topological polar surface area (TPSA) is 67.6 Å². The van der Waals surface area contributed by atoms with Crippen molar-refractivity contribution < 1.29 is 9.53 Å². The van der Waals surface area contributed by atoms with Crippen LogP contribution in [0.25, 0.3) is 0 Å². The number of benzene rings is 1. The quantitative estimate of drug-likeness (QED) is 0.641. The van der Waals surface area contributed by atoms with Gasteiger partial charge in [-0.1, -0.05) is 12.1 Å². The summed E-state index contributed by atoms with van der Waals surface area (Å²) in [5.41, 5.74) is 6.20. The van der Waals surface area contributed by atoms with Crippen molar-refractivity contribution in [2.75, 3.05) is 33.8 Å². The van der Waals surface area contributed by atoms with Gasteiger partial charge >= 0.3 is 0 Å². The smallest absolute Gasteiger partial charge is 0.255 e. The Bertz CT molecular complexity index is 377. The first-order valence-corrected chi connectivity index (χ1v) is 6.43. The fourth-order valence-electron chi connectivity index (χ4n) is 1.61. The first-order valence-electron chi connectivity index (χ1n) is 6.43. The van der Waals surface area contributed by atoms with Crippen molar-refractivity contribution in [3.8, 4) is 5.75 Å². The summed E-state index contributed by atoms with van der Waals surface area (Å²) in [6.45, 7) is 2.84. The van der Waals surface area contributed by atoms with Crippen LogP contribution in [-0.4, -0.2) is 44.6 Å². The molecule has 0 aliphatic rings. The number of amides is 1. The molecule has 1 aromatic carbocycles. The molecule has 1 amide bonds. The molecule has 0 aromatic heterocycles. The Kier molecular flexibility index (Phi) is 6.92. The predicted molar refractivity (Wildman–Crippen MR) is 76.0 cm³/mol. The van der Waals surface area contributed by atoms with Crippen LogP contribution in [0.1, 0.15) is 12.0 Å². The van der Waals surface area contributed by atoms with Crippen LogP contribution in [-0.2, 0) is 11.3 Å². The summed E-state index contributed by atoms with van der Waals surface area (Å²) in [6, 6.07) is 7.66. The molecule has 0 aliphatic carbocycles. The lowest BCUT2D eigenvalue weighted by molar-refractivity contribution is -0.119. The standard InChI is InChI=1S/C14H23N3O2/c1-17(2)9-3-8-16-10-12-4-6-13(7-5-12)19-11-14(15)18/h4-7,16H,3,8-11H2,1-2H3,(H2,15,18). The number of nitrogens with two attached hydrogens (primary N) is 1. The Labute approximate surface area is 114 Å². The average molecular weight is 265 g/mol. The normalized spacial score (nSPS) is 10.7. The molecule has 0 radical (unpaired) electrons. The number of ether oxygens (including phenoxy) is 1. The Hall–Kier alpha value is -1.59. The van der Waals surface area contributed by atoms with Crippen LogP contribution < -0.4 is 15.8 Å². The van der Waals surface area contributed by atoms with Crippen LogP contribution in [0.2, 0.25) is 0 Å². The lowest BCUT2D eigenvalue weighted by Crippen LogP contribution is -2.21. The van der Waals surface area contributed by atoms with E-state index in [1.165, 1.54) is 5.56 Å². The molecular weight excluding hydrogens is 242 g/mol. The second-order valence-corrected chi connectivity index (χ2v) is 4.73. The van der Waals surface area contributed by atoms with E-state index in [4.69, 9.17) is 10.5 Å². The SMILES string of the molecule is CN(C)CCCNCc1ccc(OCC(N)=O)cc1. The van der Waals surface area contributed by atoms with Crippen molar-refractivity contribution in [2.24, 2.45) is 5.73 Å². The van der Waals surface area contributed by atoms with Crippen LogP contribution in [0.3, 0.4) is 0 Å². The highest BCUT2D eigenvalue weighted by atomic mass is 16.5. The van der Waals surface area contributed by atoms with E-state index in [0.29, 0.717) is 5.75 Å². The molecule has 1 rings (SSSR count). The van der Waals surface area contributed by atoms with Crippen LogP contribution in [0.4, 0.5) is 0 Å². The molecule has 0 spiro atoms. The van der Waals surface area contributed by atoms with Gasteiger partial charge in [-0.05, 0) is 51.3 Å². The molecule has 5 nitrogen and oxygen atoms in total. The van der Waals surface area contributed by atoms with Crippen molar-refractivity contribution >= 4 is 5.91 Å². The molecule has 5 heteroatoms. The maximum Gasteiger partial charge on any atom is 0.255 e. The molecule has 0 unspecified atom stereocenters. The summed E-state index contributed by atoms with van der Waals surface area (Å²) in [5, 5.41) is 3.39. The molecule has 106 valence electrons. The largest absolute Gasteiger partial charge is 0.484 e. The van der Waals surface area contributed by atoms with E-state index in [1.54, 1.807) is 0 Å². The number of carbonyl (C=O) groups excluding carboxylic acids is 1. The lowest BCUT2D eigenvalue weighted by Gasteiger charge is -2.10. The van der Waals surface area contributed by atoms with Gasteiger partial charge in [-0.25, -0.2) is 0 Å². The van der Waals surface area contributed by atoms with Gasteiger partial charge in [0.25, 0.3) is 5.91 Å². The highest BCUT2D eigenvalue weighted by Crippen LogP contribution is 2.11. The lowest BCUT2D eigenvalue weighted by atomic mass is 10.2. The molecule has 0 heterocycles. The monoisotopic (exact) mass is 265 g/mol. The summed E-state index contributed by atoms with van der Waals surface area (Å²) in [6.07, 6.45) is 1.13. The van der Waals surface area contributed by atoms with E-state index in [1.807, 2.05) is 24.3 Å². The predicted octanol–water partition coefficient (Wildman–Crippen LogP) is 0.592. The second kappa shape index (κ2) is 8.50. The Morgan fingerprint density at radius 2 is 2.00 bits per heavy atom. The summed E-state index contributed by atoms with van der Waals surface area (Å²) in [4.78, 5) is 12.7. The van der Waals surface area contributed by atoms with Crippen molar-refractivity contribution in [3.63, 3.8) is 0 Å². The summed E-state index contributed by atoms with van der Waals surface area (Å²) >= 11 is 0. The zero-order valence-corrected chi connectivity index (χ0v) is 11.7. The minimum Gasteiger partial charge on any atom is -0.484 e. The third kappa shape index (κ3) is 7.43. The van der Waals surface area contributed by atoms with Crippen LogP contribution >= 0.6 is 0 Å². The van der Waals surface area contributed by atoms with Crippen molar-refractivity contribution in [1.29, 1.82) is 0 Å². The number of hydrogen-bond donors (Lipinski definition) is 2. The van der Waals surface area contributed by atoms with E-state index in [2.05, 4.69) is 24.3 Å². The molecule has 19 heavy (non-hydrogen) atoms. The summed E-state index contributed by atoms with van der Waals surface area (Å²) in [5.74, 6) is 0.196. The highest BCUT2D eigenvalue weighted by molar-refractivity contribution is 5.75. The van der Waals surface area contributed by atoms with Gasteiger partial charge in [-0.2, -0.15) is 0 Å². The zero-order valence-electron chi connectivity index (χ0n) is 11.7. The van der Waals surface area contributed by atoms with Crippen LogP contribution in [0.15, 0.2) is 24.3 Å². The minimum absolute atomic E-state index is 0.0812. The Morgan fingerprint density at radius 1 is 1.32 bits per heavy atom. The number of nitrogens with one attached hydrogen (secondary N) is 1. The molecular formula is C14H23N3O2. The van der Waals surface area contributed by atoms with Gasteiger partial charge in [-0.15, -0.1) is 0 Å². The third-order valence-corrected chi connectivity index (χ3v) is 2.59. The summed E-state index contributed by atoms with van der Waals surface area (Å²) in [7, 11) is 4.15. The highest BCUT2D eigenvalue weighted by Gasteiger charge is 1.98. The Morgan fingerprint density at radius 3 is 2.58 bits per heavy atom. The van der Waals surface area contributed by atoms with Gasteiger partial charge in [0.15, 0.2) is 6.61 Å². The maximum atomic E-state index is 10.6. The summed E-state index contributed by atoms with van der Waals surface area (Å²) < 4.78 is 5.19. The number of carbonyl (C=O) groups is 1. The fourth-order valence-corrected chi connectivity index (χ4v) is 1.61. The first-order chi connectivity index (χ1) is 9.08. The fraction of sp³-hybridized carbons (Fsp3) is 0.500. The molecule has 0 atom stereocenters. The number of rotatable bonds is 9. The molecule has 0 saturated carbocycles. The maximum absolute atomic E-state index is 10.6. The Balaban J connectivity index is 2.22. The number of nitrogens with zero attached hydrogens (tertiary/aromatic N) is 1. The molecule has 0 aliphatic heterocycles. The van der Waals surface area contributed by atoms with Crippen molar-refractivity contribution in [1.82, 2.24) is 10.2 Å². The van der Waals surface area contributed by atoms with Crippen LogP contribution in [0, 0.1) is 0 Å². The molecule has 0 bridgehead atoms. The van der Waals surface area contributed by atoms with E-state index in [9.17, 15) is 4.79 Å². The van der Waals surface area contributed by atoms with Crippen molar-refractivity contribution in [2.45, 2.75) is 13.0 Å². The molecule has 0 saturated heterocycles. The number of primary amides is 1. The zero-order chi connectivity index (χ0) is 14.1. The van der Waals surface area contributed by atoms with Crippen LogP contribution in [0.5, 0.6) is 5.75 Å². The number of hydrogen-bond acceptors (Lipinski definition) is 4. The van der Waals surface area contributed by atoms with Crippen molar-refractivity contribution in [3.05, 3.63) is 29.8 Å². The average Bonchev–Trinajstić information content (AvgIpc) is 2.37. The third-order valence-electron chi connectivity index (χ3n) is 2.59. The van der Waals surface area contributed by atoms with Gasteiger partial charge in [0.2, 0.25) is 0 Å². The van der Waals surface area contributed by atoms with Gasteiger partial charge in [0.1, 0.15) is 5.75 Å². The molecule has 1 aromatic rings. The van der Waals surface area contributed by atoms with Gasteiger partial charge in [0, 0.05) is 6.54 Å².